The Morgan fingerprint density at radius 2 is 1.77 bits per heavy atom. The molecule has 0 fully saturated rings. The van der Waals surface area contributed by atoms with Crippen molar-refractivity contribution in [2.24, 2.45) is 0 Å². The molecule has 0 aliphatic carbocycles. The molecule has 0 aliphatic heterocycles. The van der Waals surface area contributed by atoms with Crippen LogP contribution in [0.3, 0.4) is 0 Å². The lowest BCUT2D eigenvalue weighted by Crippen LogP contribution is -2.31. The highest BCUT2D eigenvalue weighted by atomic mass is 16.5. The van der Waals surface area contributed by atoms with Gasteiger partial charge in [-0.25, -0.2) is 9.48 Å². The lowest BCUT2D eigenvalue weighted by atomic mass is 10.00. The van der Waals surface area contributed by atoms with Gasteiger partial charge < -0.3 is 10.1 Å². The van der Waals surface area contributed by atoms with Crippen LogP contribution in [0.1, 0.15) is 28.9 Å². The Kier molecular flexibility index (Phi) is 5.57. The smallest absolute Gasteiger partial charge is 0.338 e. The number of nitrogens with one attached hydrogen (secondary N) is 1. The van der Waals surface area contributed by atoms with E-state index in [-0.39, 0.29) is 18.6 Å². The quantitative estimate of drug-likeness (QED) is 0.496. The number of carbonyl (C=O) groups excluding carboxylic acids is 2. The van der Waals surface area contributed by atoms with Crippen LogP contribution in [0.2, 0.25) is 0 Å². The molecule has 1 heterocycles. The zero-order valence-corrected chi connectivity index (χ0v) is 16.5. The molecule has 6 heteroatoms. The van der Waals surface area contributed by atoms with E-state index in [4.69, 9.17) is 4.74 Å². The van der Waals surface area contributed by atoms with E-state index in [1.54, 1.807) is 35.1 Å². The summed E-state index contributed by atoms with van der Waals surface area (Å²) in [5.41, 5.74) is 2.22. The van der Waals surface area contributed by atoms with Gasteiger partial charge in [-0.05, 0) is 53.6 Å². The van der Waals surface area contributed by atoms with Gasteiger partial charge in [-0.1, -0.05) is 42.5 Å². The monoisotopic (exact) mass is 399 g/mol. The average Bonchev–Trinajstić information content (AvgIpc) is 3.32. The SMILES string of the molecule is C[C@@H](NC(=O)COC(=O)c1ccc(-n2cccn2)cc1)c1cccc2ccccc12. The fourth-order valence-corrected chi connectivity index (χ4v) is 3.38. The summed E-state index contributed by atoms with van der Waals surface area (Å²) in [5.74, 6) is -0.896. The van der Waals surface area contributed by atoms with Crippen LogP contribution in [0.15, 0.2) is 85.2 Å². The number of amides is 1. The molecule has 0 bridgehead atoms. The van der Waals surface area contributed by atoms with Gasteiger partial charge in [-0.15, -0.1) is 0 Å². The zero-order chi connectivity index (χ0) is 20.9. The number of carbonyl (C=O) groups is 2. The number of fused-ring (bicyclic) bond motifs is 1. The molecule has 1 atom stereocenters. The fourth-order valence-electron chi connectivity index (χ4n) is 3.38. The predicted molar refractivity (Wildman–Crippen MR) is 114 cm³/mol. The number of ether oxygens (including phenoxy) is 1. The van der Waals surface area contributed by atoms with Crippen LogP contribution in [0.5, 0.6) is 0 Å². The summed E-state index contributed by atoms with van der Waals surface area (Å²) in [6, 6.07) is 22.4. The second-order valence-corrected chi connectivity index (χ2v) is 6.93. The maximum Gasteiger partial charge on any atom is 0.338 e. The number of rotatable bonds is 6. The van der Waals surface area contributed by atoms with E-state index in [1.807, 2.05) is 61.7 Å². The molecule has 30 heavy (non-hydrogen) atoms. The van der Waals surface area contributed by atoms with E-state index in [1.165, 1.54) is 0 Å². The van der Waals surface area contributed by atoms with Crippen molar-refractivity contribution in [2.75, 3.05) is 6.61 Å². The summed E-state index contributed by atoms with van der Waals surface area (Å²) < 4.78 is 6.86. The highest BCUT2D eigenvalue weighted by Gasteiger charge is 2.15. The van der Waals surface area contributed by atoms with E-state index in [2.05, 4.69) is 10.4 Å². The molecule has 0 saturated carbocycles. The van der Waals surface area contributed by atoms with Gasteiger partial charge in [0, 0.05) is 12.4 Å². The van der Waals surface area contributed by atoms with Gasteiger partial charge in [0.25, 0.3) is 5.91 Å². The van der Waals surface area contributed by atoms with Crippen LogP contribution in [-0.4, -0.2) is 28.3 Å². The highest BCUT2D eigenvalue weighted by Crippen LogP contribution is 2.24. The first-order chi connectivity index (χ1) is 14.6. The zero-order valence-electron chi connectivity index (χ0n) is 16.5. The molecule has 0 saturated heterocycles. The van der Waals surface area contributed by atoms with Gasteiger partial charge >= 0.3 is 5.97 Å². The van der Waals surface area contributed by atoms with Gasteiger partial charge in [-0.2, -0.15) is 5.10 Å². The third-order valence-electron chi connectivity index (χ3n) is 4.87. The van der Waals surface area contributed by atoms with E-state index >= 15 is 0 Å². The standard InChI is InChI=1S/C24H21N3O3/c1-17(21-9-4-7-18-6-2-3-8-22(18)21)26-23(28)16-30-24(29)19-10-12-20(13-11-19)27-15-5-14-25-27/h2-15,17H,16H2,1H3,(H,26,28)/t17-/m1/s1. The number of hydrogen-bond acceptors (Lipinski definition) is 4. The lowest BCUT2D eigenvalue weighted by Gasteiger charge is -2.16. The lowest BCUT2D eigenvalue weighted by molar-refractivity contribution is -0.124. The van der Waals surface area contributed by atoms with Crippen molar-refractivity contribution in [3.05, 3.63) is 96.3 Å². The number of esters is 1. The first-order valence-electron chi connectivity index (χ1n) is 9.66. The Bertz CT molecular complexity index is 1160. The second-order valence-electron chi connectivity index (χ2n) is 6.93. The summed E-state index contributed by atoms with van der Waals surface area (Å²) in [5, 5.41) is 9.23. The number of nitrogens with zero attached hydrogens (tertiary/aromatic N) is 2. The van der Waals surface area contributed by atoms with E-state index in [0.717, 1.165) is 22.0 Å². The molecule has 150 valence electrons. The molecule has 0 unspecified atom stereocenters. The predicted octanol–water partition coefficient (Wildman–Crippen LogP) is 4.06. The number of aromatic nitrogens is 2. The third kappa shape index (κ3) is 4.22. The van der Waals surface area contributed by atoms with Crippen molar-refractivity contribution in [2.45, 2.75) is 13.0 Å². The molecule has 4 aromatic rings. The van der Waals surface area contributed by atoms with Crippen LogP contribution < -0.4 is 5.32 Å². The molecule has 1 aromatic heterocycles. The van der Waals surface area contributed by atoms with Crippen molar-refractivity contribution in [3.63, 3.8) is 0 Å². The summed E-state index contributed by atoms with van der Waals surface area (Å²) >= 11 is 0. The van der Waals surface area contributed by atoms with Gasteiger partial charge in [0.05, 0.1) is 17.3 Å². The van der Waals surface area contributed by atoms with Crippen LogP contribution in [0, 0.1) is 0 Å². The summed E-state index contributed by atoms with van der Waals surface area (Å²) in [6.45, 7) is 1.57. The molecule has 0 radical (unpaired) electrons. The maximum atomic E-state index is 12.3. The Labute approximate surface area is 174 Å². The minimum atomic E-state index is -0.546. The largest absolute Gasteiger partial charge is 0.452 e. The van der Waals surface area contributed by atoms with Gasteiger partial charge in [0.1, 0.15) is 0 Å². The van der Waals surface area contributed by atoms with Crippen LogP contribution in [0.25, 0.3) is 16.5 Å². The maximum absolute atomic E-state index is 12.3. The molecule has 6 nitrogen and oxygen atoms in total. The number of hydrogen-bond donors (Lipinski definition) is 1. The molecular weight excluding hydrogens is 378 g/mol. The van der Waals surface area contributed by atoms with Gasteiger partial charge in [0.2, 0.25) is 0 Å². The fraction of sp³-hybridized carbons (Fsp3) is 0.125. The van der Waals surface area contributed by atoms with E-state index < -0.39 is 5.97 Å². The van der Waals surface area contributed by atoms with Crippen LogP contribution >= 0.6 is 0 Å². The Morgan fingerprint density at radius 3 is 2.53 bits per heavy atom. The Balaban J connectivity index is 1.34. The van der Waals surface area contributed by atoms with Crippen molar-refractivity contribution < 1.29 is 14.3 Å². The van der Waals surface area contributed by atoms with Crippen molar-refractivity contribution in [3.8, 4) is 5.69 Å². The normalized spacial score (nSPS) is 11.8. The molecule has 4 rings (SSSR count). The average molecular weight is 399 g/mol. The highest BCUT2D eigenvalue weighted by molar-refractivity contribution is 5.92. The minimum absolute atomic E-state index is 0.212. The van der Waals surface area contributed by atoms with Gasteiger partial charge in [0.15, 0.2) is 6.61 Å². The molecule has 1 N–H and O–H groups in total. The summed E-state index contributed by atoms with van der Waals surface area (Å²) in [7, 11) is 0. The first-order valence-corrected chi connectivity index (χ1v) is 9.66. The first kappa shape index (κ1) is 19.4. The Morgan fingerprint density at radius 1 is 1.00 bits per heavy atom. The number of benzene rings is 3. The third-order valence-corrected chi connectivity index (χ3v) is 4.87. The van der Waals surface area contributed by atoms with Gasteiger partial charge in [-0.3, -0.25) is 4.79 Å². The van der Waals surface area contributed by atoms with E-state index in [9.17, 15) is 9.59 Å². The van der Waals surface area contributed by atoms with Crippen molar-refractivity contribution in [1.29, 1.82) is 0 Å². The van der Waals surface area contributed by atoms with E-state index in [0.29, 0.717) is 5.56 Å². The second kappa shape index (κ2) is 8.61. The minimum Gasteiger partial charge on any atom is -0.452 e. The molecule has 1 amide bonds. The summed E-state index contributed by atoms with van der Waals surface area (Å²) in [4.78, 5) is 24.6. The Hall–Kier alpha value is -3.93. The van der Waals surface area contributed by atoms with Crippen molar-refractivity contribution >= 4 is 22.6 Å². The molecule has 0 spiro atoms. The molecule has 0 aliphatic rings. The van der Waals surface area contributed by atoms with Crippen LogP contribution in [0.4, 0.5) is 0 Å². The molecular formula is C24H21N3O3. The summed E-state index contributed by atoms with van der Waals surface area (Å²) in [6.07, 6.45) is 3.49. The topological polar surface area (TPSA) is 73.2 Å². The molecule has 3 aromatic carbocycles. The van der Waals surface area contributed by atoms with Crippen molar-refractivity contribution in [1.82, 2.24) is 15.1 Å². The van der Waals surface area contributed by atoms with Crippen LogP contribution in [-0.2, 0) is 9.53 Å².